The molecule has 5 nitrogen and oxygen atoms in total. The predicted octanol–water partition coefficient (Wildman–Crippen LogP) is 2.46. The van der Waals surface area contributed by atoms with Gasteiger partial charge in [-0.15, -0.1) is 11.6 Å². The number of ether oxygens (including phenoxy) is 2. The van der Waals surface area contributed by atoms with E-state index in [1.165, 1.54) is 7.11 Å². The molecule has 2 aromatic heterocycles. The number of rotatable bonds is 7. The van der Waals surface area contributed by atoms with E-state index in [4.69, 9.17) is 21.1 Å². The van der Waals surface area contributed by atoms with Gasteiger partial charge in [-0.1, -0.05) is 0 Å². The monoisotopic (exact) mass is 305 g/mol. The quantitative estimate of drug-likeness (QED) is 0.582. The Morgan fingerprint density at radius 2 is 2.15 bits per heavy atom. The van der Waals surface area contributed by atoms with Crippen LogP contribution in [0.25, 0.3) is 11.2 Å². The van der Waals surface area contributed by atoms with Crippen molar-refractivity contribution in [2.45, 2.75) is 18.9 Å². The van der Waals surface area contributed by atoms with Crippen LogP contribution in [0.15, 0.2) is 12.1 Å². The van der Waals surface area contributed by atoms with E-state index >= 15 is 0 Å². The van der Waals surface area contributed by atoms with Crippen LogP contribution in [0.4, 0.5) is 8.78 Å². The van der Waals surface area contributed by atoms with Gasteiger partial charge in [-0.3, -0.25) is 0 Å². The second kappa shape index (κ2) is 6.81. The molecule has 0 atom stereocenters. The summed E-state index contributed by atoms with van der Waals surface area (Å²) in [6.07, 6.45) is -2.47. The summed E-state index contributed by atoms with van der Waals surface area (Å²) in [5.41, 5.74) is 1.27. The maximum Gasteiger partial charge on any atom is 0.261 e. The third-order valence-electron chi connectivity index (χ3n) is 2.68. The smallest absolute Gasteiger partial charge is 0.261 e. The minimum Gasteiger partial charge on any atom is -0.481 e. The summed E-state index contributed by atoms with van der Waals surface area (Å²) in [6, 6.07) is 3.47. The predicted molar refractivity (Wildman–Crippen MR) is 70.5 cm³/mol. The van der Waals surface area contributed by atoms with Crippen molar-refractivity contribution in [1.29, 1.82) is 0 Å². The summed E-state index contributed by atoms with van der Waals surface area (Å²) in [7, 11) is 1.52. The molecule has 0 radical (unpaired) electrons. The molecule has 20 heavy (non-hydrogen) atoms. The first-order valence-corrected chi connectivity index (χ1v) is 6.51. The van der Waals surface area contributed by atoms with Gasteiger partial charge in [0, 0.05) is 12.6 Å². The molecular weight excluding hydrogens is 292 g/mol. The highest BCUT2D eigenvalue weighted by Crippen LogP contribution is 2.19. The fraction of sp³-hybridized carbons (Fsp3) is 0.500. The number of nitrogens with zero attached hydrogens (tertiary/aromatic N) is 3. The number of alkyl halides is 3. The standard InChI is InChI=1S/C12H14ClF2N3O2/c1-19-11-3-2-8-12(17-11)18(10(6-13)16-8)4-5-20-7-9(14)15/h2-3,9H,4-7H2,1H3. The van der Waals surface area contributed by atoms with Gasteiger partial charge in [0.25, 0.3) is 6.43 Å². The number of fused-ring (bicyclic) bond motifs is 1. The van der Waals surface area contributed by atoms with Crippen LogP contribution in [0.5, 0.6) is 5.88 Å². The second-order valence-corrected chi connectivity index (χ2v) is 4.24. The number of pyridine rings is 1. The van der Waals surface area contributed by atoms with Crippen LogP contribution in [0.2, 0.25) is 0 Å². The molecule has 2 heterocycles. The van der Waals surface area contributed by atoms with E-state index in [1.54, 1.807) is 16.7 Å². The molecule has 0 fully saturated rings. The van der Waals surface area contributed by atoms with Gasteiger partial charge in [0.1, 0.15) is 17.9 Å². The molecule has 2 rings (SSSR count). The van der Waals surface area contributed by atoms with Crippen molar-refractivity contribution in [1.82, 2.24) is 14.5 Å². The largest absolute Gasteiger partial charge is 0.481 e. The zero-order valence-corrected chi connectivity index (χ0v) is 11.6. The highest BCUT2D eigenvalue weighted by Gasteiger charge is 2.12. The van der Waals surface area contributed by atoms with Crippen LogP contribution in [0.3, 0.4) is 0 Å². The van der Waals surface area contributed by atoms with Gasteiger partial charge in [0.15, 0.2) is 5.65 Å². The van der Waals surface area contributed by atoms with Crippen LogP contribution < -0.4 is 4.74 Å². The van der Waals surface area contributed by atoms with Crippen molar-refractivity contribution in [2.75, 3.05) is 20.3 Å². The lowest BCUT2D eigenvalue weighted by Gasteiger charge is -2.08. The molecule has 0 aliphatic carbocycles. The first-order valence-electron chi connectivity index (χ1n) is 5.97. The number of methoxy groups -OCH3 is 1. The first kappa shape index (κ1) is 14.9. The SMILES string of the molecule is COc1ccc2nc(CCl)n(CCOCC(F)F)c2n1. The molecule has 0 aromatic carbocycles. The van der Waals surface area contributed by atoms with Gasteiger partial charge in [-0.2, -0.15) is 4.98 Å². The molecule has 0 N–H and O–H groups in total. The molecule has 0 bridgehead atoms. The van der Waals surface area contributed by atoms with E-state index in [-0.39, 0.29) is 12.5 Å². The number of imidazole rings is 1. The molecule has 0 spiro atoms. The fourth-order valence-corrected chi connectivity index (χ4v) is 2.01. The van der Waals surface area contributed by atoms with Crippen LogP contribution in [0.1, 0.15) is 5.82 Å². The lowest BCUT2D eigenvalue weighted by molar-refractivity contribution is 0.0148. The molecule has 0 aliphatic rings. The van der Waals surface area contributed by atoms with Crippen LogP contribution in [0, 0.1) is 0 Å². The van der Waals surface area contributed by atoms with Gasteiger partial charge < -0.3 is 14.0 Å². The number of hydrogen-bond donors (Lipinski definition) is 0. The highest BCUT2D eigenvalue weighted by molar-refractivity contribution is 6.16. The number of halogens is 3. The molecule has 0 saturated carbocycles. The van der Waals surface area contributed by atoms with E-state index in [1.807, 2.05) is 0 Å². The van der Waals surface area contributed by atoms with Gasteiger partial charge in [0.05, 0.1) is 19.6 Å². The van der Waals surface area contributed by atoms with E-state index in [2.05, 4.69) is 9.97 Å². The Labute approximate surface area is 119 Å². The first-order chi connectivity index (χ1) is 9.65. The summed E-state index contributed by atoms with van der Waals surface area (Å²) < 4.78 is 35.7. The van der Waals surface area contributed by atoms with Gasteiger partial charge in [-0.05, 0) is 6.07 Å². The minimum absolute atomic E-state index is 0.137. The Morgan fingerprint density at radius 1 is 1.35 bits per heavy atom. The zero-order valence-electron chi connectivity index (χ0n) is 10.9. The average Bonchev–Trinajstić information content (AvgIpc) is 2.80. The van der Waals surface area contributed by atoms with Crippen LogP contribution in [-0.4, -0.2) is 41.3 Å². The maximum atomic E-state index is 12.0. The molecule has 110 valence electrons. The third kappa shape index (κ3) is 3.34. The summed E-state index contributed by atoms with van der Waals surface area (Å²) >= 11 is 5.84. The average molecular weight is 306 g/mol. The molecule has 0 saturated heterocycles. The Hall–Kier alpha value is -1.47. The van der Waals surface area contributed by atoms with Crippen LogP contribution >= 0.6 is 11.6 Å². The van der Waals surface area contributed by atoms with Crippen molar-refractivity contribution >= 4 is 22.8 Å². The minimum atomic E-state index is -2.47. The van der Waals surface area contributed by atoms with Crippen molar-refractivity contribution in [3.05, 3.63) is 18.0 Å². The van der Waals surface area contributed by atoms with Gasteiger partial charge >= 0.3 is 0 Å². The van der Waals surface area contributed by atoms with Crippen molar-refractivity contribution in [3.63, 3.8) is 0 Å². The normalized spacial score (nSPS) is 11.4. The van der Waals surface area contributed by atoms with Crippen molar-refractivity contribution < 1.29 is 18.3 Å². The molecule has 2 aromatic rings. The van der Waals surface area contributed by atoms with Crippen molar-refractivity contribution in [3.8, 4) is 5.88 Å². The molecule has 0 unspecified atom stereocenters. The zero-order chi connectivity index (χ0) is 14.5. The fourth-order valence-electron chi connectivity index (χ4n) is 1.81. The molecule has 0 amide bonds. The maximum absolute atomic E-state index is 12.0. The summed E-state index contributed by atoms with van der Waals surface area (Å²) in [5.74, 6) is 1.27. The molecule has 8 heteroatoms. The van der Waals surface area contributed by atoms with E-state index in [0.29, 0.717) is 29.4 Å². The van der Waals surface area contributed by atoms with E-state index in [9.17, 15) is 8.78 Å². The lowest BCUT2D eigenvalue weighted by Crippen LogP contribution is -2.12. The van der Waals surface area contributed by atoms with Gasteiger partial charge in [-0.25, -0.2) is 13.8 Å². The van der Waals surface area contributed by atoms with E-state index < -0.39 is 13.0 Å². The van der Waals surface area contributed by atoms with Gasteiger partial charge in [0.2, 0.25) is 5.88 Å². The summed E-state index contributed by atoms with van der Waals surface area (Å²) in [5, 5.41) is 0. The molecule has 0 aliphatic heterocycles. The Morgan fingerprint density at radius 3 is 2.80 bits per heavy atom. The second-order valence-electron chi connectivity index (χ2n) is 3.98. The molecular formula is C12H14ClF2N3O2. The Bertz CT molecular complexity index is 577. The Balaban J connectivity index is 2.20. The highest BCUT2D eigenvalue weighted by atomic mass is 35.5. The summed E-state index contributed by atoms with van der Waals surface area (Å²) in [6.45, 7) is -0.0936. The third-order valence-corrected chi connectivity index (χ3v) is 2.92. The Kier molecular flexibility index (Phi) is 5.08. The number of aromatic nitrogens is 3. The lowest BCUT2D eigenvalue weighted by atomic mass is 10.4. The number of hydrogen-bond acceptors (Lipinski definition) is 4. The van der Waals surface area contributed by atoms with Crippen molar-refractivity contribution in [2.24, 2.45) is 0 Å². The summed E-state index contributed by atoms with van der Waals surface area (Å²) in [4.78, 5) is 8.62. The van der Waals surface area contributed by atoms with E-state index in [0.717, 1.165) is 0 Å². The topological polar surface area (TPSA) is 49.2 Å². The van der Waals surface area contributed by atoms with Crippen LogP contribution in [-0.2, 0) is 17.2 Å².